The third-order valence-electron chi connectivity index (χ3n) is 4.65. The number of carbonyl (C=O) groups excluding carboxylic acids is 1. The van der Waals surface area contributed by atoms with E-state index in [9.17, 15) is 17.6 Å². The molecule has 0 atom stereocenters. The Labute approximate surface area is 183 Å². The number of halogens is 2. The number of aromatic nitrogens is 1. The highest BCUT2D eigenvalue weighted by molar-refractivity contribution is 7.92. The van der Waals surface area contributed by atoms with E-state index in [0.29, 0.717) is 39.8 Å². The molecule has 0 unspecified atom stereocenters. The zero-order valence-corrected chi connectivity index (χ0v) is 17.7. The van der Waals surface area contributed by atoms with Gasteiger partial charge in [0.25, 0.3) is 15.9 Å². The molecule has 0 aliphatic carbocycles. The van der Waals surface area contributed by atoms with Gasteiger partial charge in [-0.05, 0) is 54.6 Å². The Kier molecular flexibility index (Phi) is 5.90. The van der Waals surface area contributed by atoms with Crippen LogP contribution in [0, 0.1) is 5.82 Å². The molecule has 1 aliphatic rings. The second-order valence-electron chi connectivity index (χ2n) is 6.77. The number of hydrogen-bond acceptors (Lipinski definition) is 5. The van der Waals surface area contributed by atoms with Gasteiger partial charge in [0.1, 0.15) is 5.82 Å². The molecule has 160 valence electrons. The first-order chi connectivity index (χ1) is 14.8. The summed E-state index contributed by atoms with van der Waals surface area (Å²) in [6.45, 7) is 0.530. The summed E-state index contributed by atoms with van der Waals surface area (Å²) in [4.78, 5) is 16.7. The maximum Gasteiger partial charge on any atom is 0.259 e. The van der Waals surface area contributed by atoms with Gasteiger partial charge in [0.2, 0.25) is 0 Å². The van der Waals surface area contributed by atoms with Crippen LogP contribution in [0.5, 0.6) is 0 Å². The lowest BCUT2D eigenvalue weighted by Crippen LogP contribution is -2.41. The molecule has 1 saturated heterocycles. The molecule has 0 radical (unpaired) electrons. The van der Waals surface area contributed by atoms with Gasteiger partial charge in [0.15, 0.2) is 5.94 Å². The third-order valence-corrected chi connectivity index (χ3v) is 6.51. The molecule has 1 amide bonds. The van der Waals surface area contributed by atoms with E-state index in [2.05, 4.69) is 10.3 Å². The summed E-state index contributed by atoms with van der Waals surface area (Å²) in [6, 6.07) is 13.9. The zero-order chi connectivity index (χ0) is 22.0. The Morgan fingerprint density at radius 2 is 1.90 bits per heavy atom. The summed E-state index contributed by atoms with van der Waals surface area (Å²) in [6.07, 6.45) is 1.09. The molecule has 1 aromatic heterocycles. The van der Waals surface area contributed by atoms with Crippen LogP contribution in [-0.4, -0.2) is 38.4 Å². The van der Waals surface area contributed by atoms with Gasteiger partial charge in [-0.3, -0.25) is 14.1 Å². The molecule has 31 heavy (non-hydrogen) atoms. The third kappa shape index (κ3) is 4.68. The van der Waals surface area contributed by atoms with Crippen LogP contribution in [0.25, 0.3) is 11.3 Å². The summed E-state index contributed by atoms with van der Waals surface area (Å²) in [5.41, 5.74) is 2.32. The molecule has 4 rings (SSSR count). The molecule has 7 nitrogen and oxygen atoms in total. The Morgan fingerprint density at radius 3 is 2.58 bits per heavy atom. The van der Waals surface area contributed by atoms with Crippen LogP contribution in [0.4, 0.5) is 15.8 Å². The Bertz CT molecular complexity index is 1220. The molecule has 1 aliphatic heterocycles. The highest BCUT2D eigenvalue weighted by Crippen LogP contribution is 2.30. The van der Waals surface area contributed by atoms with E-state index in [1.165, 1.54) is 16.4 Å². The van der Waals surface area contributed by atoms with Crippen molar-refractivity contribution in [3.8, 4) is 11.3 Å². The van der Waals surface area contributed by atoms with Crippen LogP contribution in [0.15, 0.2) is 60.8 Å². The second-order valence-corrected chi connectivity index (χ2v) is 9.01. The number of carbonyl (C=O) groups is 1. The van der Waals surface area contributed by atoms with Crippen molar-refractivity contribution in [1.29, 1.82) is 0 Å². The first-order valence-electron chi connectivity index (χ1n) is 9.24. The number of ether oxygens (including phenoxy) is 1. The fourth-order valence-corrected chi connectivity index (χ4v) is 4.59. The van der Waals surface area contributed by atoms with Gasteiger partial charge in [0.05, 0.1) is 35.8 Å². The van der Waals surface area contributed by atoms with Crippen LogP contribution < -0.4 is 9.62 Å². The SMILES string of the molecule is O=C(Nc1ccc(Cl)c(-c2ccc(F)cn2)c1)c1ccc(N2CCOCS2(=O)=O)cc1. The van der Waals surface area contributed by atoms with Crippen LogP contribution in [0.1, 0.15) is 10.4 Å². The lowest BCUT2D eigenvalue weighted by atomic mass is 10.1. The van der Waals surface area contributed by atoms with Gasteiger partial charge >= 0.3 is 0 Å². The van der Waals surface area contributed by atoms with Crippen LogP contribution >= 0.6 is 11.6 Å². The standard InChI is InChI=1S/C21H17ClFN3O4S/c22-19-7-4-16(11-18(19)20-8-3-15(23)12-24-20)25-21(27)14-1-5-17(6-2-14)26-9-10-30-13-31(26,28)29/h1-8,11-12H,9-10,13H2,(H,25,27). The first-order valence-corrected chi connectivity index (χ1v) is 11.2. The van der Waals surface area contributed by atoms with Gasteiger partial charge in [0, 0.05) is 16.8 Å². The predicted octanol–water partition coefficient (Wildman–Crippen LogP) is 3.92. The van der Waals surface area contributed by atoms with Gasteiger partial charge in [-0.25, -0.2) is 12.8 Å². The average Bonchev–Trinajstić information content (AvgIpc) is 2.75. The molecule has 3 aromatic rings. The number of pyridine rings is 1. The summed E-state index contributed by atoms with van der Waals surface area (Å²) >= 11 is 6.23. The molecule has 0 spiro atoms. The van der Waals surface area contributed by atoms with E-state index in [1.54, 1.807) is 42.5 Å². The zero-order valence-electron chi connectivity index (χ0n) is 16.1. The number of anilines is 2. The van der Waals surface area contributed by atoms with E-state index in [1.807, 2.05) is 0 Å². The van der Waals surface area contributed by atoms with Crippen LogP contribution in [0.2, 0.25) is 5.02 Å². The average molecular weight is 462 g/mol. The van der Waals surface area contributed by atoms with Gasteiger partial charge in [-0.2, -0.15) is 0 Å². The van der Waals surface area contributed by atoms with Gasteiger partial charge < -0.3 is 10.1 Å². The molecule has 1 N–H and O–H groups in total. The Hall–Kier alpha value is -3.01. The van der Waals surface area contributed by atoms with Crippen molar-refractivity contribution in [3.05, 3.63) is 77.2 Å². The molecule has 0 saturated carbocycles. The van der Waals surface area contributed by atoms with Crippen LogP contribution in [-0.2, 0) is 14.8 Å². The smallest absolute Gasteiger partial charge is 0.259 e. The number of amides is 1. The number of benzene rings is 2. The highest BCUT2D eigenvalue weighted by atomic mass is 35.5. The summed E-state index contributed by atoms with van der Waals surface area (Å²) in [5, 5.41) is 3.18. The van der Waals surface area contributed by atoms with E-state index >= 15 is 0 Å². The minimum atomic E-state index is -3.53. The number of nitrogens with zero attached hydrogens (tertiary/aromatic N) is 2. The predicted molar refractivity (Wildman–Crippen MR) is 116 cm³/mol. The molecule has 2 heterocycles. The van der Waals surface area contributed by atoms with E-state index in [4.69, 9.17) is 16.3 Å². The number of rotatable bonds is 4. The minimum Gasteiger partial charge on any atom is -0.362 e. The van der Waals surface area contributed by atoms with Crippen LogP contribution in [0.3, 0.4) is 0 Å². The highest BCUT2D eigenvalue weighted by Gasteiger charge is 2.26. The van der Waals surface area contributed by atoms with Crippen molar-refractivity contribution < 1.29 is 22.3 Å². The number of sulfonamides is 1. The van der Waals surface area contributed by atoms with Gasteiger partial charge in [-0.15, -0.1) is 0 Å². The fourth-order valence-electron chi connectivity index (χ4n) is 3.12. The van der Waals surface area contributed by atoms with E-state index < -0.39 is 15.8 Å². The van der Waals surface area contributed by atoms with E-state index in [-0.39, 0.29) is 18.4 Å². The number of hydrogen-bond donors (Lipinski definition) is 1. The monoisotopic (exact) mass is 461 g/mol. The van der Waals surface area contributed by atoms with E-state index in [0.717, 1.165) is 6.20 Å². The minimum absolute atomic E-state index is 0.221. The van der Waals surface area contributed by atoms with Gasteiger partial charge in [-0.1, -0.05) is 11.6 Å². The van der Waals surface area contributed by atoms with Crippen molar-refractivity contribution in [3.63, 3.8) is 0 Å². The first kappa shape index (κ1) is 21.2. The maximum atomic E-state index is 13.1. The maximum absolute atomic E-state index is 13.1. The summed E-state index contributed by atoms with van der Waals surface area (Å²) < 4.78 is 43.6. The van der Waals surface area contributed by atoms with Crippen molar-refractivity contribution >= 4 is 38.9 Å². The van der Waals surface area contributed by atoms with Crippen molar-refractivity contribution in [1.82, 2.24) is 4.98 Å². The summed E-state index contributed by atoms with van der Waals surface area (Å²) in [7, 11) is -3.53. The molecular weight excluding hydrogens is 445 g/mol. The topological polar surface area (TPSA) is 88.6 Å². The number of nitrogens with one attached hydrogen (secondary N) is 1. The Balaban J connectivity index is 1.52. The normalized spacial score (nSPS) is 15.5. The van der Waals surface area contributed by atoms with Crippen molar-refractivity contribution in [2.24, 2.45) is 0 Å². The largest absolute Gasteiger partial charge is 0.362 e. The molecule has 0 bridgehead atoms. The van der Waals surface area contributed by atoms with Crippen molar-refractivity contribution in [2.45, 2.75) is 0 Å². The second kappa shape index (κ2) is 8.62. The van der Waals surface area contributed by atoms with Crippen molar-refractivity contribution in [2.75, 3.05) is 28.7 Å². The Morgan fingerprint density at radius 1 is 1.13 bits per heavy atom. The lowest BCUT2D eigenvalue weighted by Gasteiger charge is -2.28. The summed E-state index contributed by atoms with van der Waals surface area (Å²) in [5.74, 6) is -1.20. The molecule has 2 aromatic carbocycles. The molecule has 1 fully saturated rings. The fraction of sp³-hybridized carbons (Fsp3) is 0.143. The molecular formula is C21H17ClFN3O4S. The quantitative estimate of drug-likeness (QED) is 0.636. The molecule has 10 heteroatoms. The lowest BCUT2D eigenvalue weighted by molar-refractivity contribution is 0.102.